The van der Waals surface area contributed by atoms with E-state index in [9.17, 15) is 18.0 Å². The van der Waals surface area contributed by atoms with E-state index in [1.165, 1.54) is 32.2 Å². The molecule has 1 amide bonds. The van der Waals surface area contributed by atoms with Crippen LogP contribution in [0.1, 0.15) is 12.5 Å². The van der Waals surface area contributed by atoms with Crippen molar-refractivity contribution in [3.63, 3.8) is 0 Å². The van der Waals surface area contributed by atoms with Gasteiger partial charge in [0.15, 0.2) is 17.6 Å². The molecule has 2 rings (SSSR count). The van der Waals surface area contributed by atoms with Crippen LogP contribution in [0.4, 0.5) is 18.9 Å². The SMILES string of the molecule is COc1ccccc1O[C@H](C)C(=O)Nc1ccccc1C(F)(F)F. The topological polar surface area (TPSA) is 47.6 Å². The Morgan fingerprint density at radius 1 is 1.04 bits per heavy atom. The fourth-order valence-electron chi connectivity index (χ4n) is 2.03. The second-order valence-electron chi connectivity index (χ2n) is 4.94. The maximum Gasteiger partial charge on any atom is 0.418 e. The number of ether oxygens (including phenoxy) is 2. The number of alkyl halides is 3. The highest BCUT2D eigenvalue weighted by Gasteiger charge is 2.34. The summed E-state index contributed by atoms with van der Waals surface area (Å²) in [5.74, 6) is 0.0530. The zero-order valence-corrected chi connectivity index (χ0v) is 13.1. The Balaban J connectivity index is 2.13. The van der Waals surface area contributed by atoms with Crippen molar-refractivity contribution in [3.05, 3.63) is 54.1 Å². The number of carbonyl (C=O) groups is 1. The highest BCUT2D eigenvalue weighted by molar-refractivity contribution is 5.94. The van der Waals surface area contributed by atoms with Crippen LogP contribution in [0.5, 0.6) is 11.5 Å². The summed E-state index contributed by atoms with van der Waals surface area (Å²) in [6.07, 6.45) is -5.57. The van der Waals surface area contributed by atoms with Crippen LogP contribution in [-0.2, 0) is 11.0 Å². The van der Waals surface area contributed by atoms with Crippen LogP contribution in [0.2, 0.25) is 0 Å². The molecular weight excluding hydrogens is 323 g/mol. The van der Waals surface area contributed by atoms with Crippen LogP contribution in [-0.4, -0.2) is 19.1 Å². The third-order valence-corrected chi connectivity index (χ3v) is 3.23. The molecule has 0 bridgehead atoms. The van der Waals surface area contributed by atoms with Gasteiger partial charge >= 0.3 is 6.18 Å². The van der Waals surface area contributed by atoms with Crippen LogP contribution in [0.25, 0.3) is 0 Å². The van der Waals surface area contributed by atoms with Crippen LogP contribution in [0.15, 0.2) is 48.5 Å². The van der Waals surface area contributed by atoms with Crippen LogP contribution >= 0.6 is 0 Å². The molecule has 1 atom stereocenters. The number of carbonyl (C=O) groups excluding carboxylic acids is 1. The van der Waals surface area contributed by atoms with Gasteiger partial charge in [-0.1, -0.05) is 24.3 Å². The summed E-state index contributed by atoms with van der Waals surface area (Å²) in [5, 5.41) is 2.25. The van der Waals surface area contributed by atoms with E-state index in [-0.39, 0.29) is 5.69 Å². The lowest BCUT2D eigenvalue weighted by atomic mass is 10.1. The Bertz CT molecular complexity index is 716. The lowest BCUT2D eigenvalue weighted by Gasteiger charge is -2.18. The normalized spacial score (nSPS) is 12.4. The number of para-hydroxylation sites is 3. The minimum Gasteiger partial charge on any atom is -0.493 e. The summed E-state index contributed by atoms with van der Waals surface area (Å²) in [6.45, 7) is 1.44. The molecule has 4 nitrogen and oxygen atoms in total. The Labute approximate surface area is 137 Å². The van der Waals surface area contributed by atoms with Crippen molar-refractivity contribution in [1.29, 1.82) is 0 Å². The summed E-state index contributed by atoms with van der Waals surface area (Å²) < 4.78 is 49.4. The van der Waals surface area contributed by atoms with Crippen molar-refractivity contribution in [2.45, 2.75) is 19.2 Å². The van der Waals surface area contributed by atoms with E-state index in [2.05, 4.69) is 5.32 Å². The molecule has 0 unspecified atom stereocenters. The molecular formula is C17H16F3NO3. The van der Waals surface area contributed by atoms with E-state index >= 15 is 0 Å². The molecule has 0 aliphatic rings. The molecule has 128 valence electrons. The number of anilines is 1. The zero-order valence-electron chi connectivity index (χ0n) is 13.1. The maximum atomic E-state index is 12.9. The average Bonchev–Trinajstić information content (AvgIpc) is 2.54. The number of nitrogens with one attached hydrogen (secondary N) is 1. The predicted molar refractivity (Wildman–Crippen MR) is 83.2 cm³/mol. The maximum absolute atomic E-state index is 12.9. The number of benzene rings is 2. The van der Waals surface area contributed by atoms with Crippen molar-refractivity contribution < 1.29 is 27.4 Å². The molecule has 0 aromatic heterocycles. The van der Waals surface area contributed by atoms with Gasteiger partial charge < -0.3 is 14.8 Å². The van der Waals surface area contributed by atoms with Gasteiger partial charge in [-0.2, -0.15) is 13.2 Å². The molecule has 0 aliphatic heterocycles. The minimum atomic E-state index is -4.56. The fraction of sp³-hybridized carbons (Fsp3) is 0.235. The standard InChI is InChI=1S/C17H16F3NO3/c1-11(24-15-10-6-5-9-14(15)23-2)16(22)21-13-8-4-3-7-12(13)17(18,19)20/h3-11H,1-2H3,(H,21,22)/t11-/m1/s1. The van der Waals surface area contributed by atoms with Crippen LogP contribution < -0.4 is 14.8 Å². The molecule has 0 heterocycles. The first-order valence-electron chi connectivity index (χ1n) is 7.09. The van der Waals surface area contributed by atoms with Gasteiger partial charge in [-0.25, -0.2) is 0 Å². The summed E-state index contributed by atoms with van der Waals surface area (Å²) in [7, 11) is 1.45. The molecule has 0 saturated heterocycles. The van der Waals surface area contributed by atoms with Crippen molar-refractivity contribution >= 4 is 11.6 Å². The summed E-state index contributed by atoms with van der Waals surface area (Å²) in [4.78, 5) is 12.2. The van der Waals surface area contributed by atoms with E-state index in [0.29, 0.717) is 11.5 Å². The summed E-state index contributed by atoms with van der Waals surface area (Å²) >= 11 is 0. The highest BCUT2D eigenvalue weighted by atomic mass is 19.4. The first-order chi connectivity index (χ1) is 11.3. The Hall–Kier alpha value is -2.70. The summed E-state index contributed by atoms with van der Waals surface area (Å²) in [5.41, 5.74) is -1.23. The molecule has 0 radical (unpaired) electrons. The van der Waals surface area contributed by atoms with E-state index < -0.39 is 23.8 Å². The molecule has 0 fully saturated rings. The number of amides is 1. The van der Waals surface area contributed by atoms with Gasteiger partial charge in [-0.3, -0.25) is 4.79 Å². The molecule has 0 saturated carbocycles. The molecule has 0 spiro atoms. The fourth-order valence-corrected chi connectivity index (χ4v) is 2.03. The highest BCUT2D eigenvalue weighted by Crippen LogP contribution is 2.34. The Morgan fingerprint density at radius 3 is 2.25 bits per heavy atom. The first kappa shape index (κ1) is 17.7. The van der Waals surface area contributed by atoms with Crippen molar-refractivity contribution in [1.82, 2.24) is 0 Å². The smallest absolute Gasteiger partial charge is 0.418 e. The predicted octanol–water partition coefficient (Wildman–Crippen LogP) is 4.12. The van der Waals surface area contributed by atoms with E-state index in [0.717, 1.165) is 6.07 Å². The lowest BCUT2D eigenvalue weighted by Crippen LogP contribution is -2.31. The molecule has 0 aliphatic carbocycles. The number of rotatable bonds is 5. The van der Waals surface area contributed by atoms with E-state index in [1.807, 2.05) is 0 Å². The van der Waals surface area contributed by atoms with Crippen molar-refractivity contribution in [2.75, 3.05) is 12.4 Å². The number of hydrogen-bond acceptors (Lipinski definition) is 3. The molecule has 2 aromatic rings. The molecule has 7 heteroatoms. The monoisotopic (exact) mass is 339 g/mol. The van der Waals surface area contributed by atoms with Crippen molar-refractivity contribution in [2.24, 2.45) is 0 Å². The largest absolute Gasteiger partial charge is 0.493 e. The van der Waals surface area contributed by atoms with Gasteiger partial charge in [0.2, 0.25) is 0 Å². The Morgan fingerprint density at radius 2 is 1.62 bits per heavy atom. The van der Waals surface area contributed by atoms with Gasteiger partial charge in [0.25, 0.3) is 5.91 Å². The van der Waals surface area contributed by atoms with Gasteiger partial charge in [-0.05, 0) is 31.2 Å². The summed E-state index contributed by atoms with van der Waals surface area (Å²) in [6, 6.07) is 11.4. The third-order valence-electron chi connectivity index (χ3n) is 3.23. The molecule has 24 heavy (non-hydrogen) atoms. The minimum absolute atomic E-state index is 0.314. The lowest BCUT2D eigenvalue weighted by molar-refractivity contribution is -0.137. The third kappa shape index (κ3) is 4.18. The van der Waals surface area contributed by atoms with Gasteiger partial charge in [0, 0.05) is 0 Å². The van der Waals surface area contributed by atoms with Gasteiger partial charge in [0.05, 0.1) is 18.4 Å². The number of methoxy groups -OCH3 is 1. The second-order valence-corrected chi connectivity index (χ2v) is 4.94. The molecule has 1 N–H and O–H groups in total. The van der Waals surface area contributed by atoms with Crippen molar-refractivity contribution in [3.8, 4) is 11.5 Å². The Kier molecular flexibility index (Phi) is 5.33. The van der Waals surface area contributed by atoms with E-state index in [1.54, 1.807) is 24.3 Å². The average molecular weight is 339 g/mol. The molecule has 2 aromatic carbocycles. The quantitative estimate of drug-likeness (QED) is 0.891. The zero-order chi connectivity index (χ0) is 17.7. The van der Waals surface area contributed by atoms with Crippen LogP contribution in [0.3, 0.4) is 0 Å². The number of halogens is 3. The number of hydrogen-bond donors (Lipinski definition) is 1. The van der Waals surface area contributed by atoms with E-state index in [4.69, 9.17) is 9.47 Å². The van der Waals surface area contributed by atoms with Gasteiger partial charge in [-0.15, -0.1) is 0 Å². The van der Waals surface area contributed by atoms with Gasteiger partial charge in [0.1, 0.15) is 0 Å². The van der Waals surface area contributed by atoms with Crippen LogP contribution in [0, 0.1) is 0 Å². The second kappa shape index (κ2) is 7.25. The first-order valence-corrected chi connectivity index (χ1v) is 7.09.